The van der Waals surface area contributed by atoms with Gasteiger partial charge in [-0.2, -0.15) is 0 Å². The molecular weight excluding hydrogens is 352 g/mol. The van der Waals surface area contributed by atoms with Crippen LogP contribution in [0.1, 0.15) is 81.1 Å². The van der Waals surface area contributed by atoms with Crippen molar-refractivity contribution in [3.63, 3.8) is 0 Å². The summed E-state index contributed by atoms with van der Waals surface area (Å²) >= 11 is 0. The van der Waals surface area contributed by atoms with Crippen LogP contribution < -0.4 is 0 Å². The zero-order valence-electron chi connectivity index (χ0n) is 19.2. The molecule has 4 nitrogen and oxygen atoms in total. The van der Waals surface area contributed by atoms with Crippen LogP contribution in [0.3, 0.4) is 0 Å². The average Bonchev–Trinajstić information content (AvgIpc) is 2.60. The topological polar surface area (TPSA) is 52.6 Å². The molecule has 4 heteroatoms. The average molecular weight is 393 g/mol. The molecule has 1 rings (SSSR count). The molecule has 0 aliphatic heterocycles. The van der Waals surface area contributed by atoms with Crippen LogP contribution in [-0.4, -0.2) is 25.2 Å². The molecule has 0 aromatic carbocycles. The summed E-state index contributed by atoms with van der Waals surface area (Å²) in [6, 6.07) is 0. The Balaban J connectivity index is 2.94. The Labute approximate surface area is 171 Å². The van der Waals surface area contributed by atoms with Gasteiger partial charge in [-0.25, -0.2) is 0 Å². The first-order chi connectivity index (χ1) is 12.9. The molecule has 0 N–H and O–H groups in total. The van der Waals surface area contributed by atoms with E-state index in [4.69, 9.17) is 9.47 Å². The fourth-order valence-corrected chi connectivity index (χ4v) is 3.57. The van der Waals surface area contributed by atoms with Crippen LogP contribution in [0, 0.1) is 22.7 Å². The third-order valence-corrected chi connectivity index (χ3v) is 5.99. The fraction of sp³-hybridized carbons (Fsp3) is 0.750. The lowest BCUT2D eigenvalue weighted by molar-refractivity contribution is -0.160. The van der Waals surface area contributed by atoms with Gasteiger partial charge in [-0.1, -0.05) is 57.9 Å². The summed E-state index contributed by atoms with van der Waals surface area (Å²) in [6.45, 7) is 17.6. The van der Waals surface area contributed by atoms with Crippen molar-refractivity contribution < 1.29 is 19.1 Å². The lowest BCUT2D eigenvalue weighted by Gasteiger charge is -2.36. The van der Waals surface area contributed by atoms with Crippen molar-refractivity contribution in [2.75, 3.05) is 13.2 Å². The van der Waals surface area contributed by atoms with Gasteiger partial charge in [0, 0.05) is 0 Å². The van der Waals surface area contributed by atoms with Crippen LogP contribution in [0.2, 0.25) is 0 Å². The van der Waals surface area contributed by atoms with Crippen molar-refractivity contribution >= 4 is 11.9 Å². The summed E-state index contributed by atoms with van der Waals surface area (Å²) in [4.78, 5) is 24.9. The van der Waals surface area contributed by atoms with Crippen LogP contribution in [0.15, 0.2) is 23.3 Å². The summed E-state index contributed by atoms with van der Waals surface area (Å²) < 4.78 is 10.5. The van der Waals surface area contributed by atoms with Crippen LogP contribution in [-0.2, 0) is 19.1 Å². The molecule has 1 aliphatic rings. The van der Waals surface area contributed by atoms with Gasteiger partial charge in [-0.3, -0.25) is 9.59 Å². The minimum Gasteiger partial charge on any atom is -0.466 e. The van der Waals surface area contributed by atoms with E-state index in [1.54, 1.807) is 13.8 Å². The second-order valence-electron chi connectivity index (χ2n) is 9.45. The first-order valence-electron chi connectivity index (χ1n) is 10.6. The number of rotatable bonds is 8. The Bertz CT molecular complexity index is 605. The highest BCUT2D eigenvalue weighted by Gasteiger charge is 2.40. The van der Waals surface area contributed by atoms with E-state index in [0.717, 1.165) is 12.8 Å². The molecule has 0 aromatic heterocycles. The maximum atomic E-state index is 12.5. The van der Waals surface area contributed by atoms with E-state index >= 15 is 0 Å². The summed E-state index contributed by atoms with van der Waals surface area (Å²) in [5.41, 5.74) is 2.80. The highest BCUT2D eigenvalue weighted by Crippen LogP contribution is 2.42. The van der Waals surface area contributed by atoms with E-state index in [0.29, 0.717) is 26.1 Å². The van der Waals surface area contributed by atoms with Gasteiger partial charge in [0.1, 0.15) is 0 Å². The van der Waals surface area contributed by atoms with Crippen molar-refractivity contribution in [3.8, 4) is 0 Å². The van der Waals surface area contributed by atoms with E-state index in [9.17, 15) is 9.59 Å². The third-order valence-electron chi connectivity index (χ3n) is 5.99. The number of allylic oxidation sites excluding steroid dienone is 4. The van der Waals surface area contributed by atoms with E-state index in [1.165, 1.54) is 11.1 Å². The number of ether oxygens (including phenoxy) is 2. The largest absolute Gasteiger partial charge is 0.466 e. The molecule has 0 amide bonds. The zero-order valence-corrected chi connectivity index (χ0v) is 19.2. The second kappa shape index (κ2) is 10.3. The molecule has 0 heterocycles. The van der Waals surface area contributed by atoms with Crippen molar-refractivity contribution in [2.45, 2.75) is 81.1 Å². The Morgan fingerprint density at radius 2 is 1.57 bits per heavy atom. The Hall–Kier alpha value is -1.58. The molecule has 1 aliphatic carbocycles. The van der Waals surface area contributed by atoms with Crippen molar-refractivity contribution in [3.05, 3.63) is 23.3 Å². The van der Waals surface area contributed by atoms with Crippen LogP contribution in [0.5, 0.6) is 0 Å². The molecule has 0 bridgehead atoms. The van der Waals surface area contributed by atoms with Gasteiger partial charge < -0.3 is 9.47 Å². The SMILES string of the molecule is CCOC(=O)C1CC=C(C(C)(C)CC/C=C(\C)C(C)(C)C)CC1C(=O)OCC. The normalized spacial score (nSPS) is 21.1. The number of carbonyl (C=O) groups is 2. The molecule has 0 radical (unpaired) electrons. The summed E-state index contributed by atoms with van der Waals surface area (Å²) in [7, 11) is 0. The van der Waals surface area contributed by atoms with Crippen molar-refractivity contribution in [1.29, 1.82) is 0 Å². The molecule has 2 unspecified atom stereocenters. The molecule has 0 fully saturated rings. The molecule has 0 saturated carbocycles. The zero-order chi connectivity index (χ0) is 21.5. The Kier molecular flexibility index (Phi) is 8.97. The number of carbonyl (C=O) groups excluding carboxylic acids is 2. The van der Waals surface area contributed by atoms with Crippen molar-refractivity contribution in [2.24, 2.45) is 22.7 Å². The number of hydrogen-bond acceptors (Lipinski definition) is 4. The summed E-state index contributed by atoms with van der Waals surface area (Å²) in [5.74, 6) is -1.48. The van der Waals surface area contributed by atoms with Gasteiger partial charge in [-0.15, -0.1) is 0 Å². The molecule has 2 atom stereocenters. The molecule has 160 valence electrons. The highest BCUT2D eigenvalue weighted by atomic mass is 16.5. The first kappa shape index (κ1) is 24.5. The minimum absolute atomic E-state index is 0.0287. The molecule has 0 saturated heterocycles. The quantitative estimate of drug-likeness (QED) is 0.383. The van der Waals surface area contributed by atoms with E-state index in [-0.39, 0.29) is 22.8 Å². The highest BCUT2D eigenvalue weighted by molar-refractivity contribution is 5.83. The minimum atomic E-state index is -0.454. The van der Waals surface area contributed by atoms with Crippen LogP contribution in [0.4, 0.5) is 0 Å². The number of esters is 2. The molecule has 0 spiro atoms. The second-order valence-corrected chi connectivity index (χ2v) is 9.45. The summed E-state index contributed by atoms with van der Waals surface area (Å²) in [5, 5.41) is 0. The van der Waals surface area contributed by atoms with E-state index in [2.05, 4.69) is 53.7 Å². The van der Waals surface area contributed by atoms with Gasteiger partial charge in [-0.05, 0) is 57.3 Å². The molecule has 28 heavy (non-hydrogen) atoms. The van der Waals surface area contributed by atoms with Crippen molar-refractivity contribution in [1.82, 2.24) is 0 Å². The predicted molar refractivity (Wildman–Crippen MR) is 114 cm³/mol. The van der Waals surface area contributed by atoms with Gasteiger partial charge >= 0.3 is 11.9 Å². The maximum Gasteiger partial charge on any atom is 0.310 e. The monoisotopic (exact) mass is 392 g/mol. The van der Waals surface area contributed by atoms with Gasteiger partial charge in [0.25, 0.3) is 0 Å². The van der Waals surface area contributed by atoms with Gasteiger partial charge in [0.15, 0.2) is 0 Å². The third kappa shape index (κ3) is 6.79. The Morgan fingerprint density at radius 1 is 1.04 bits per heavy atom. The lowest BCUT2D eigenvalue weighted by Crippen LogP contribution is -2.36. The smallest absolute Gasteiger partial charge is 0.310 e. The predicted octanol–water partition coefficient (Wildman–Crippen LogP) is 5.86. The summed E-state index contributed by atoms with van der Waals surface area (Å²) in [6.07, 6.45) is 7.59. The maximum absolute atomic E-state index is 12.5. The van der Waals surface area contributed by atoms with Gasteiger partial charge in [0.2, 0.25) is 0 Å². The fourth-order valence-electron chi connectivity index (χ4n) is 3.57. The first-order valence-corrected chi connectivity index (χ1v) is 10.6. The number of hydrogen-bond donors (Lipinski definition) is 0. The molecule has 0 aromatic rings. The standard InChI is InChI=1S/C24H40O4/c1-9-27-21(25)19-14-13-18(16-20(19)22(26)28-10-2)24(7,8)15-11-12-17(3)23(4,5)6/h12-13,19-20H,9-11,14-16H2,1-8H3/b17-12+. The lowest BCUT2D eigenvalue weighted by atomic mass is 9.69. The van der Waals surface area contributed by atoms with E-state index < -0.39 is 11.8 Å². The Morgan fingerprint density at radius 3 is 2.07 bits per heavy atom. The van der Waals surface area contributed by atoms with Crippen LogP contribution in [0.25, 0.3) is 0 Å². The van der Waals surface area contributed by atoms with Crippen LogP contribution >= 0.6 is 0 Å². The van der Waals surface area contributed by atoms with E-state index in [1.807, 2.05) is 0 Å². The van der Waals surface area contributed by atoms with Gasteiger partial charge in [0.05, 0.1) is 25.0 Å². The molecular formula is C24H40O4.